The number of carbonyl (C=O) groups is 2. The number of fused-ring (bicyclic) bond motifs is 1. The smallest absolute Gasteiger partial charge is 0.251 e. The SMILES string of the molecule is Cc1ccccc1NC(=O)CC1C(=O)Nc2c(-c3cccc(Cl)c3)cnn21. The lowest BCUT2D eigenvalue weighted by atomic mass is 10.1. The van der Waals surface area contributed by atoms with Gasteiger partial charge in [0.05, 0.1) is 12.6 Å². The normalized spacial score (nSPS) is 15.3. The largest absolute Gasteiger partial charge is 0.326 e. The number of aromatic nitrogens is 2. The first-order valence-corrected chi connectivity index (χ1v) is 8.90. The summed E-state index contributed by atoms with van der Waals surface area (Å²) in [6.45, 7) is 1.92. The molecule has 1 aromatic heterocycles. The summed E-state index contributed by atoms with van der Waals surface area (Å²) in [5.74, 6) is 0.0920. The molecule has 136 valence electrons. The van der Waals surface area contributed by atoms with Crippen molar-refractivity contribution in [1.29, 1.82) is 0 Å². The summed E-state index contributed by atoms with van der Waals surface area (Å²) in [7, 11) is 0. The molecule has 1 unspecified atom stereocenters. The highest BCUT2D eigenvalue weighted by Gasteiger charge is 2.35. The molecule has 3 aromatic rings. The Labute approximate surface area is 161 Å². The van der Waals surface area contributed by atoms with E-state index in [0.717, 1.165) is 22.4 Å². The Bertz CT molecular complexity index is 1040. The lowest BCUT2D eigenvalue weighted by Crippen LogP contribution is -2.23. The van der Waals surface area contributed by atoms with Crippen LogP contribution >= 0.6 is 11.6 Å². The number of rotatable bonds is 4. The summed E-state index contributed by atoms with van der Waals surface area (Å²) in [6, 6.07) is 14.2. The van der Waals surface area contributed by atoms with Gasteiger partial charge >= 0.3 is 0 Å². The summed E-state index contributed by atoms with van der Waals surface area (Å²) in [5.41, 5.74) is 3.33. The van der Waals surface area contributed by atoms with Crippen LogP contribution in [0.2, 0.25) is 5.02 Å². The third-order valence-electron chi connectivity index (χ3n) is 4.57. The van der Waals surface area contributed by atoms with Crippen molar-refractivity contribution < 1.29 is 9.59 Å². The number of nitrogens with zero attached hydrogens (tertiary/aromatic N) is 2. The van der Waals surface area contributed by atoms with Crippen molar-refractivity contribution in [2.45, 2.75) is 19.4 Å². The van der Waals surface area contributed by atoms with Gasteiger partial charge in [0.25, 0.3) is 5.91 Å². The molecule has 2 N–H and O–H groups in total. The van der Waals surface area contributed by atoms with Crippen molar-refractivity contribution in [2.24, 2.45) is 0 Å². The lowest BCUT2D eigenvalue weighted by Gasteiger charge is -2.11. The molecule has 0 aliphatic carbocycles. The monoisotopic (exact) mass is 380 g/mol. The molecule has 0 bridgehead atoms. The quantitative estimate of drug-likeness (QED) is 0.717. The molecule has 2 amide bonds. The highest BCUT2D eigenvalue weighted by atomic mass is 35.5. The molecule has 2 heterocycles. The van der Waals surface area contributed by atoms with E-state index in [0.29, 0.717) is 10.8 Å². The Morgan fingerprint density at radius 1 is 1.26 bits per heavy atom. The number of halogens is 1. The Balaban J connectivity index is 1.56. The highest BCUT2D eigenvalue weighted by molar-refractivity contribution is 6.30. The van der Waals surface area contributed by atoms with Gasteiger partial charge in [-0.25, -0.2) is 4.68 Å². The molecule has 0 spiro atoms. The number of anilines is 2. The number of amides is 2. The van der Waals surface area contributed by atoms with Crippen LogP contribution in [0.25, 0.3) is 11.1 Å². The van der Waals surface area contributed by atoms with Crippen molar-refractivity contribution in [3.05, 3.63) is 65.3 Å². The van der Waals surface area contributed by atoms with Gasteiger partial charge in [-0.15, -0.1) is 0 Å². The van der Waals surface area contributed by atoms with Gasteiger partial charge < -0.3 is 10.6 Å². The van der Waals surface area contributed by atoms with Crippen molar-refractivity contribution in [2.75, 3.05) is 10.6 Å². The molecular weight excluding hydrogens is 364 g/mol. The van der Waals surface area contributed by atoms with E-state index >= 15 is 0 Å². The second kappa shape index (κ2) is 6.89. The maximum Gasteiger partial charge on any atom is 0.251 e. The minimum Gasteiger partial charge on any atom is -0.326 e. The molecule has 0 radical (unpaired) electrons. The van der Waals surface area contributed by atoms with Crippen LogP contribution in [0.1, 0.15) is 18.0 Å². The van der Waals surface area contributed by atoms with E-state index < -0.39 is 6.04 Å². The Hall–Kier alpha value is -3.12. The second-order valence-electron chi connectivity index (χ2n) is 6.43. The van der Waals surface area contributed by atoms with Crippen molar-refractivity contribution in [3.8, 4) is 11.1 Å². The first-order valence-electron chi connectivity index (χ1n) is 8.53. The Morgan fingerprint density at radius 3 is 2.85 bits per heavy atom. The standard InChI is InChI=1S/C20H17ClN4O2/c1-12-5-2-3-8-16(12)23-18(26)10-17-20(27)24-19-15(11-22-25(17)19)13-6-4-7-14(21)9-13/h2-9,11,17H,10H2,1H3,(H,23,26)(H,24,27). The number of benzene rings is 2. The van der Waals surface area contributed by atoms with E-state index in [-0.39, 0.29) is 18.2 Å². The maximum absolute atomic E-state index is 12.4. The minimum atomic E-state index is -0.683. The Kier molecular flexibility index (Phi) is 4.41. The van der Waals surface area contributed by atoms with Crippen molar-refractivity contribution in [3.63, 3.8) is 0 Å². The van der Waals surface area contributed by atoms with E-state index in [4.69, 9.17) is 11.6 Å². The molecule has 0 saturated heterocycles. The van der Waals surface area contributed by atoms with Gasteiger partial charge in [0, 0.05) is 16.3 Å². The number of aryl methyl sites for hydroxylation is 1. The molecule has 1 aliphatic heterocycles. The molecule has 1 aliphatic rings. The third-order valence-corrected chi connectivity index (χ3v) is 4.80. The topological polar surface area (TPSA) is 76.0 Å². The molecule has 2 aromatic carbocycles. The van der Waals surface area contributed by atoms with Crippen LogP contribution < -0.4 is 10.6 Å². The van der Waals surface area contributed by atoms with Crippen LogP contribution in [0.4, 0.5) is 11.5 Å². The summed E-state index contributed by atoms with van der Waals surface area (Å²) >= 11 is 6.06. The van der Waals surface area contributed by atoms with Gasteiger partial charge in [-0.1, -0.05) is 41.9 Å². The van der Waals surface area contributed by atoms with Crippen LogP contribution in [0.5, 0.6) is 0 Å². The molecule has 4 rings (SSSR count). The lowest BCUT2D eigenvalue weighted by molar-refractivity contribution is -0.123. The van der Waals surface area contributed by atoms with Gasteiger partial charge in [0.2, 0.25) is 5.91 Å². The predicted molar refractivity (Wildman–Crippen MR) is 105 cm³/mol. The molecule has 0 saturated carbocycles. The van der Waals surface area contributed by atoms with Crippen LogP contribution in [0.15, 0.2) is 54.7 Å². The first kappa shape index (κ1) is 17.3. The fourth-order valence-electron chi connectivity index (χ4n) is 3.17. The van der Waals surface area contributed by atoms with Crippen molar-refractivity contribution in [1.82, 2.24) is 9.78 Å². The van der Waals surface area contributed by atoms with E-state index in [9.17, 15) is 9.59 Å². The van der Waals surface area contributed by atoms with E-state index in [2.05, 4.69) is 15.7 Å². The van der Waals surface area contributed by atoms with Crippen LogP contribution in [0.3, 0.4) is 0 Å². The number of hydrogen-bond acceptors (Lipinski definition) is 3. The summed E-state index contributed by atoms with van der Waals surface area (Å²) in [4.78, 5) is 24.9. The average Bonchev–Trinajstić information content (AvgIpc) is 3.17. The zero-order chi connectivity index (χ0) is 19.0. The van der Waals surface area contributed by atoms with Crippen LogP contribution in [-0.4, -0.2) is 21.6 Å². The number of hydrogen-bond donors (Lipinski definition) is 2. The Morgan fingerprint density at radius 2 is 2.07 bits per heavy atom. The summed E-state index contributed by atoms with van der Waals surface area (Å²) < 4.78 is 1.57. The fourth-order valence-corrected chi connectivity index (χ4v) is 3.36. The average molecular weight is 381 g/mol. The third kappa shape index (κ3) is 3.31. The van der Waals surface area contributed by atoms with E-state index in [1.807, 2.05) is 49.4 Å². The van der Waals surface area contributed by atoms with Crippen molar-refractivity contribution >= 4 is 34.9 Å². The van der Waals surface area contributed by atoms with E-state index in [1.54, 1.807) is 16.9 Å². The maximum atomic E-state index is 12.4. The molecule has 0 fully saturated rings. The number of nitrogens with one attached hydrogen (secondary N) is 2. The van der Waals surface area contributed by atoms with Gasteiger partial charge in [-0.3, -0.25) is 9.59 Å². The molecule has 27 heavy (non-hydrogen) atoms. The zero-order valence-corrected chi connectivity index (χ0v) is 15.3. The van der Waals surface area contributed by atoms with Gasteiger partial charge in [-0.2, -0.15) is 5.10 Å². The summed E-state index contributed by atoms with van der Waals surface area (Å²) in [5, 5.41) is 10.6. The number of carbonyl (C=O) groups excluding carboxylic acids is 2. The van der Waals surface area contributed by atoms with Gasteiger partial charge in [-0.05, 0) is 36.2 Å². The van der Waals surface area contributed by atoms with E-state index in [1.165, 1.54) is 0 Å². The molecule has 6 nitrogen and oxygen atoms in total. The summed E-state index contributed by atoms with van der Waals surface area (Å²) in [6.07, 6.45) is 1.68. The van der Waals surface area contributed by atoms with Gasteiger partial charge in [0.1, 0.15) is 11.9 Å². The minimum absolute atomic E-state index is 0.00380. The second-order valence-corrected chi connectivity index (χ2v) is 6.87. The number of para-hydroxylation sites is 1. The van der Waals surface area contributed by atoms with Gasteiger partial charge in [0.15, 0.2) is 0 Å². The predicted octanol–water partition coefficient (Wildman–Crippen LogP) is 4.03. The van der Waals surface area contributed by atoms with Crippen LogP contribution in [0, 0.1) is 6.92 Å². The molecule has 7 heteroatoms. The highest BCUT2D eigenvalue weighted by Crippen LogP contribution is 2.36. The first-order chi connectivity index (χ1) is 13.0. The van der Waals surface area contributed by atoms with Crippen LogP contribution in [-0.2, 0) is 9.59 Å². The zero-order valence-electron chi connectivity index (χ0n) is 14.6. The fraction of sp³-hybridized carbons (Fsp3) is 0.150. The molecular formula is C20H17ClN4O2. The molecule has 1 atom stereocenters.